The molecule has 2 aromatic carbocycles. The zero-order valence-corrected chi connectivity index (χ0v) is 14.3. The number of hydrogen-bond acceptors (Lipinski definition) is 7. The van der Waals surface area contributed by atoms with E-state index in [-0.39, 0.29) is 6.42 Å². The minimum Gasteiger partial charge on any atom is -0.486 e. The molecule has 1 aromatic heterocycles. The molecule has 27 heavy (non-hydrogen) atoms. The number of aromatic nitrogens is 1. The molecule has 0 radical (unpaired) electrons. The predicted molar refractivity (Wildman–Crippen MR) is 94.7 cm³/mol. The number of nitrogens with one attached hydrogen (secondary N) is 1. The van der Waals surface area contributed by atoms with Crippen LogP contribution < -0.4 is 14.8 Å². The molecule has 0 fully saturated rings. The molecule has 2 heterocycles. The van der Waals surface area contributed by atoms with Crippen LogP contribution in [0.1, 0.15) is 5.69 Å². The van der Waals surface area contributed by atoms with Gasteiger partial charge in [0.05, 0.1) is 6.42 Å². The van der Waals surface area contributed by atoms with Gasteiger partial charge in [0.2, 0.25) is 0 Å². The Morgan fingerprint density at radius 1 is 1.07 bits per heavy atom. The molecule has 4 rings (SSSR count). The second-order valence-electron chi connectivity index (χ2n) is 5.87. The van der Waals surface area contributed by atoms with Gasteiger partial charge in [-0.25, -0.2) is 0 Å². The highest BCUT2D eigenvalue weighted by atomic mass is 16.6. The fourth-order valence-electron chi connectivity index (χ4n) is 2.72. The van der Waals surface area contributed by atoms with Crippen molar-refractivity contribution in [2.45, 2.75) is 6.42 Å². The van der Waals surface area contributed by atoms with E-state index < -0.39 is 18.5 Å². The van der Waals surface area contributed by atoms with Crippen LogP contribution in [0.4, 0.5) is 5.69 Å². The molecule has 1 aliphatic rings. The minimum absolute atomic E-state index is 0.0751. The molecule has 0 atom stereocenters. The Labute approximate surface area is 154 Å². The molecule has 1 aliphatic heterocycles. The van der Waals surface area contributed by atoms with Gasteiger partial charge in [-0.2, -0.15) is 0 Å². The molecule has 8 nitrogen and oxygen atoms in total. The average molecular weight is 368 g/mol. The largest absolute Gasteiger partial charge is 0.486 e. The van der Waals surface area contributed by atoms with Crippen LogP contribution >= 0.6 is 0 Å². The van der Waals surface area contributed by atoms with Crippen LogP contribution in [0.15, 0.2) is 47.0 Å². The summed E-state index contributed by atoms with van der Waals surface area (Å²) in [6.07, 6.45) is -0.0751. The molecular formula is C19H16N2O6. The number of amides is 1. The highest BCUT2D eigenvalue weighted by molar-refractivity contribution is 5.93. The Morgan fingerprint density at radius 3 is 2.78 bits per heavy atom. The van der Waals surface area contributed by atoms with Crippen molar-refractivity contribution in [2.24, 2.45) is 0 Å². The van der Waals surface area contributed by atoms with E-state index in [2.05, 4.69) is 10.5 Å². The Kier molecular flexibility index (Phi) is 4.61. The van der Waals surface area contributed by atoms with Crippen molar-refractivity contribution in [3.63, 3.8) is 0 Å². The maximum atomic E-state index is 12.0. The first kappa shape index (κ1) is 16.9. The SMILES string of the molecule is O=C(COC(=O)Cc1noc2ccccc12)Nc1ccc2c(c1)OCCO2. The lowest BCUT2D eigenvalue weighted by Gasteiger charge is -2.19. The van der Waals surface area contributed by atoms with Crippen LogP contribution in [0, 0.1) is 0 Å². The smallest absolute Gasteiger partial charge is 0.312 e. The van der Waals surface area contributed by atoms with E-state index in [0.29, 0.717) is 41.7 Å². The number of benzene rings is 2. The Bertz CT molecular complexity index is 997. The highest BCUT2D eigenvalue weighted by Crippen LogP contribution is 2.32. The number of carbonyl (C=O) groups is 2. The number of para-hydroxylation sites is 1. The number of carbonyl (C=O) groups excluding carboxylic acids is 2. The molecule has 3 aromatic rings. The van der Waals surface area contributed by atoms with Crippen LogP contribution in [-0.4, -0.2) is 36.9 Å². The minimum atomic E-state index is -0.564. The second kappa shape index (κ2) is 7.36. The molecule has 0 saturated carbocycles. The maximum Gasteiger partial charge on any atom is 0.312 e. The first-order valence-corrected chi connectivity index (χ1v) is 8.37. The summed E-state index contributed by atoms with van der Waals surface area (Å²) in [4.78, 5) is 24.0. The number of nitrogens with zero attached hydrogens (tertiary/aromatic N) is 1. The molecule has 138 valence electrons. The van der Waals surface area contributed by atoms with E-state index >= 15 is 0 Å². The number of esters is 1. The quantitative estimate of drug-likeness (QED) is 0.690. The van der Waals surface area contributed by atoms with Crippen molar-refractivity contribution >= 4 is 28.5 Å². The van der Waals surface area contributed by atoms with Crippen molar-refractivity contribution in [3.05, 3.63) is 48.2 Å². The normalized spacial score (nSPS) is 12.6. The van der Waals surface area contributed by atoms with Crippen molar-refractivity contribution in [2.75, 3.05) is 25.1 Å². The Morgan fingerprint density at radius 2 is 1.89 bits per heavy atom. The molecule has 0 unspecified atom stereocenters. The molecular weight excluding hydrogens is 352 g/mol. The van der Waals surface area contributed by atoms with Crippen LogP contribution in [0.5, 0.6) is 11.5 Å². The number of hydrogen-bond donors (Lipinski definition) is 1. The summed E-state index contributed by atoms with van der Waals surface area (Å²) in [6, 6.07) is 12.3. The number of anilines is 1. The van der Waals surface area contributed by atoms with E-state index in [1.165, 1.54) is 0 Å². The van der Waals surface area contributed by atoms with Crippen LogP contribution in [0.25, 0.3) is 11.0 Å². The summed E-state index contributed by atoms with van der Waals surface area (Å²) >= 11 is 0. The van der Waals surface area contributed by atoms with Gasteiger partial charge in [-0.1, -0.05) is 17.3 Å². The van der Waals surface area contributed by atoms with E-state index in [4.69, 9.17) is 18.7 Å². The van der Waals surface area contributed by atoms with E-state index in [9.17, 15) is 9.59 Å². The maximum absolute atomic E-state index is 12.0. The Hall–Kier alpha value is -3.55. The zero-order valence-electron chi connectivity index (χ0n) is 14.3. The first-order chi connectivity index (χ1) is 13.2. The average Bonchev–Trinajstić information content (AvgIpc) is 3.09. The highest BCUT2D eigenvalue weighted by Gasteiger charge is 2.16. The lowest BCUT2D eigenvalue weighted by Crippen LogP contribution is -2.22. The predicted octanol–water partition coefficient (Wildman–Crippen LogP) is 2.32. The van der Waals surface area contributed by atoms with Gasteiger partial charge in [-0.3, -0.25) is 9.59 Å². The molecule has 0 saturated heterocycles. The fourth-order valence-corrected chi connectivity index (χ4v) is 2.72. The number of fused-ring (bicyclic) bond motifs is 2. The lowest BCUT2D eigenvalue weighted by molar-refractivity contribution is -0.146. The molecule has 1 N–H and O–H groups in total. The van der Waals surface area contributed by atoms with Crippen LogP contribution in [0.2, 0.25) is 0 Å². The van der Waals surface area contributed by atoms with Gasteiger partial charge < -0.3 is 24.1 Å². The van der Waals surface area contributed by atoms with Gasteiger partial charge in [0.25, 0.3) is 5.91 Å². The molecule has 0 aliphatic carbocycles. The summed E-state index contributed by atoms with van der Waals surface area (Å²) < 4.78 is 21.0. The van der Waals surface area contributed by atoms with Crippen molar-refractivity contribution in [3.8, 4) is 11.5 Å². The topological polar surface area (TPSA) is 99.9 Å². The van der Waals surface area contributed by atoms with Gasteiger partial charge in [0.1, 0.15) is 18.9 Å². The van der Waals surface area contributed by atoms with E-state index in [1.807, 2.05) is 18.2 Å². The number of rotatable bonds is 5. The lowest BCUT2D eigenvalue weighted by atomic mass is 10.2. The first-order valence-electron chi connectivity index (χ1n) is 8.37. The summed E-state index contributed by atoms with van der Waals surface area (Å²) in [5.74, 6) is 0.177. The standard InChI is InChI=1S/C19H16N2O6/c22-18(20-12-5-6-16-17(9-12)25-8-7-24-16)11-26-19(23)10-14-13-3-1-2-4-15(13)27-21-14/h1-6,9H,7-8,10-11H2,(H,20,22). The van der Waals surface area contributed by atoms with Crippen molar-refractivity contribution < 1.29 is 28.3 Å². The van der Waals surface area contributed by atoms with Crippen LogP contribution in [-0.2, 0) is 20.7 Å². The van der Waals surface area contributed by atoms with Gasteiger partial charge in [0.15, 0.2) is 23.7 Å². The third-order valence-corrected chi connectivity index (χ3v) is 3.95. The molecule has 0 spiro atoms. The van der Waals surface area contributed by atoms with Gasteiger partial charge in [-0.05, 0) is 24.3 Å². The van der Waals surface area contributed by atoms with Gasteiger partial charge in [0, 0.05) is 17.1 Å². The summed E-state index contributed by atoms with van der Waals surface area (Å²) in [5, 5.41) is 7.26. The Balaban J connectivity index is 1.30. The third-order valence-electron chi connectivity index (χ3n) is 3.95. The van der Waals surface area contributed by atoms with Crippen molar-refractivity contribution in [1.82, 2.24) is 5.16 Å². The molecule has 8 heteroatoms. The monoisotopic (exact) mass is 368 g/mol. The third kappa shape index (κ3) is 3.84. The van der Waals surface area contributed by atoms with Crippen LogP contribution in [0.3, 0.4) is 0 Å². The summed E-state index contributed by atoms with van der Waals surface area (Å²) in [7, 11) is 0. The molecule has 1 amide bonds. The number of ether oxygens (including phenoxy) is 3. The van der Waals surface area contributed by atoms with Crippen molar-refractivity contribution in [1.29, 1.82) is 0 Å². The summed E-state index contributed by atoms with van der Waals surface area (Å²) in [6.45, 7) is 0.553. The second-order valence-corrected chi connectivity index (χ2v) is 5.87. The summed E-state index contributed by atoms with van der Waals surface area (Å²) in [5.41, 5.74) is 1.60. The van der Waals surface area contributed by atoms with Gasteiger partial charge in [-0.15, -0.1) is 0 Å². The molecule has 0 bridgehead atoms. The zero-order chi connectivity index (χ0) is 18.6. The van der Waals surface area contributed by atoms with Gasteiger partial charge >= 0.3 is 5.97 Å². The van der Waals surface area contributed by atoms with E-state index in [1.54, 1.807) is 24.3 Å². The van der Waals surface area contributed by atoms with E-state index in [0.717, 1.165) is 5.39 Å². The fraction of sp³-hybridized carbons (Fsp3) is 0.211.